The van der Waals surface area contributed by atoms with E-state index in [1.54, 1.807) is 11.3 Å². The average Bonchev–Trinajstić information content (AvgIpc) is 2.85. The van der Waals surface area contributed by atoms with Crippen LogP contribution in [-0.2, 0) is 20.0 Å². The number of anilines is 1. The molecule has 0 amide bonds. The second-order valence-corrected chi connectivity index (χ2v) is 5.71. The highest BCUT2D eigenvalue weighted by Gasteiger charge is 2.17. The Labute approximate surface area is 118 Å². The average molecular weight is 279 g/mol. The molecule has 2 N–H and O–H groups in total. The molecule has 0 saturated carbocycles. The van der Waals surface area contributed by atoms with E-state index in [0.717, 1.165) is 30.2 Å². The zero-order valence-corrected chi connectivity index (χ0v) is 12.8. The number of rotatable bonds is 5. The van der Waals surface area contributed by atoms with Gasteiger partial charge in [0.1, 0.15) is 5.82 Å². The summed E-state index contributed by atoms with van der Waals surface area (Å²) in [7, 11) is 4.08. The predicted molar refractivity (Wildman–Crippen MR) is 79.7 cm³/mol. The maximum absolute atomic E-state index is 5.70. The van der Waals surface area contributed by atoms with E-state index in [1.165, 1.54) is 10.4 Å². The van der Waals surface area contributed by atoms with Crippen molar-refractivity contribution in [3.8, 4) is 0 Å². The molecule has 0 radical (unpaired) electrons. The van der Waals surface area contributed by atoms with Crippen LogP contribution < -0.4 is 10.6 Å². The Morgan fingerprint density at radius 2 is 2.11 bits per heavy atom. The summed E-state index contributed by atoms with van der Waals surface area (Å²) in [5, 5.41) is 4.51. The fourth-order valence-electron chi connectivity index (χ4n) is 2.37. The highest BCUT2D eigenvalue weighted by molar-refractivity contribution is 7.09. The van der Waals surface area contributed by atoms with Gasteiger partial charge in [-0.25, -0.2) is 4.98 Å². The number of thiazole rings is 1. The lowest BCUT2D eigenvalue weighted by Crippen LogP contribution is -2.21. The van der Waals surface area contributed by atoms with Crippen molar-refractivity contribution in [2.75, 3.05) is 18.5 Å². The van der Waals surface area contributed by atoms with E-state index in [0.29, 0.717) is 6.54 Å². The van der Waals surface area contributed by atoms with Crippen molar-refractivity contribution in [2.45, 2.75) is 26.8 Å². The van der Waals surface area contributed by atoms with Crippen LogP contribution in [0.1, 0.15) is 21.8 Å². The molecule has 0 fully saturated rings. The Balaban J connectivity index is 2.28. The highest BCUT2D eigenvalue weighted by Crippen LogP contribution is 2.25. The molecule has 104 valence electrons. The minimum Gasteiger partial charge on any atom is -0.354 e. The van der Waals surface area contributed by atoms with E-state index in [-0.39, 0.29) is 0 Å². The normalized spacial score (nSPS) is 11.0. The molecule has 0 aliphatic carbocycles. The summed E-state index contributed by atoms with van der Waals surface area (Å²) in [6.45, 7) is 5.59. The summed E-state index contributed by atoms with van der Waals surface area (Å²) in [6.07, 6.45) is 0.862. The first-order valence-corrected chi connectivity index (χ1v) is 7.25. The summed E-state index contributed by atoms with van der Waals surface area (Å²) in [6, 6.07) is 0. The first-order valence-electron chi connectivity index (χ1n) is 6.37. The van der Waals surface area contributed by atoms with Crippen LogP contribution in [0, 0.1) is 13.8 Å². The van der Waals surface area contributed by atoms with Crippen molar-refractivity contribution >= 4 is 17.2 Å². The molecule has 5 nitrogen and oxygen atoms in total. The number of aryl methyl sites for hydroxylation is 3. The molecule has 19 heavy (non-hydrogen) atoms. The van der Waals surface area contributed by atoms with Gasteiger partial charge in [-0.3, -0.25) is 4.68 Å². The van der Waals surface area contributed by atoms with Gasteiger partial charge in [0.15, 0.2) is 0 Å². The van der Waals surface area contributed by atoms with Crippen LogP contribution in [0.4, 0.5) is 5.82 Å². The minimum absolute atomic E-state index is 0.646. The summed E-state index contributed by atoms with van der Waals surface area (Å²) in [4.78, 5) is 7.82. The van der Waals surface area contributed by atoms with Crippen LogP contribution in [0.25, 0.3) is 0 Å². The van der Waals surface area contributed by atoms with E-state index in [9.17, 15) is 0 Å². The van der Waals surface area contributed by atoms with Crippen LogP contribution >= 0.6 is 11.3 Å². The highest BCUT2D eigenvalue weighted by atomic mass is 32.1. The second kappa shape index (κ2) is 5.71. The molecule has 0 atom stereocenters. The number of hydrogen-bond donors (Lipinski definition) is 1. The molecule has 6 heteroatoms. The Morgan fingerprint density at radius 1 is 1.37 bits per heavy atom. The molecule has 0 spiro atoms. The molecule has 0 aliphatic rings. The van der Waals surface area contributed by atoms with Crippen LogP contribution in [0.15, 0.2) is 5.51 Å². The smallest absolute Gasteiger partial charge is 0.130 e. The van der Waals surface area contributed by atoms with Gasteiger partial charge in [0.2, 0.25) is 0 Å². The van der Waals surface area contributed by atoms with Crippen LogP contribution in [-0.4, -0.2) is 28.4 Å². The van der Waals surface area contributed by atoms with Gasteiger partial charge in [0, 0.05) is 24.5 Å². The van der Waals surface area contributed by atoms with Gasteiger partial charge >= 0.3 is 0 Å². The third kappa shape index (κ3) is 2.79. The third-order valence-electron chi connectivity index (χ3n) is 3.29. The zero-order valence-electron chi connectivity index (χ0n) is 12.0. The quantitative estimate of drug-likeness (QED) is 0.903. The van der Waals surface area contributed by atoms with E-state index >= 15 is 0 Å². The number of nitrogens with two attached hydrogens (primary N) is 1. The molecule has 2 rings (SSSR count). The first kappa shape index (κ1) is 14.0. The minimum atomic E-state index is 0.646. The Morgan fingerprint density at radius 3 is 2.68 bits per heavy atom. The lowest BCUT2D eigenvalue weighted by atomic mass is 10.1. The largest absolute Gasteiger partial charge is 0.354 e. The molecule has 0 aliphatic heterocycles. The SMILES string of the molecule is Cc1ncsc1CN(C)c1c(CCN)c(C)nn1C. The van der Waals surface area contributed by atoms with Crippen LogP contribution in [0.3, 0.4) is 0 Å². The number of nitrogens with zero attached hydrogens (tertiary/aromatic N) is 4. The summed E-state index contributed by atoms with van der Waals surface area (Å²) >= 11 is 1.70. The van der Waals surface area contributed by atoms with Crippen molar-refractivity contribution in [3.63, 3.8) is 0 Å². The maximum atomic E-state index is 5.70. The number of aromatic nitrogens is 3. The topological polar surface area (TPSA) is 60.0 Å². The Hall–Kier alpha value is -1.40. The lowest BCUT2D eigenvalue weighted by Gasteiger charge is -2.20. The van der Waals surface area contributed by atoms with Crippen LogP contribution in [0.5, 0.6) is 0 Å². The molecule has 0 aromatic carbocycles. The molecule has 2 heterocycles. The van der Waals surface area contributed by atoms with Crippen molar-refractivity contribution in [1.82, 2.24) is 14.8 Å². The Kier molecular flexibility index (Phi) is 4.21. The molecular formula is C13H21N5S. The lowest BCUT2D eigenvalue weighted by molar-refractivity contribution is 0.726. The van der Waals surface area contributed by atoms with Crippen molar-refractivity contribution in [2.24, 2.45) is 12.8 Å². The molecule has 0 saturated heterocycles. The summed E-state index contributed by atoms with van der Waals surface area (Å²) < 4.78 is 1.94. The fraction of sp³-hybridized carbons (Fsp3) is 0.538. The molecular weight excluding hydrogens is 258 g/mol. The van der Waals surface area contributed by atoms with E-state index in [4.69, 9.17) is 5.73 Å². The molecule has 0 unspecified atom stereocenters. The van der Waals surface area contributed by atoms with Gasteiger partial charge in [0.25, 0.3) is 0 Å². The van der Waals surface area contributed by atoms with Gasteiger partial charge in [-0.15, -0.1) is 11.3 Å². The first-order chi connectivity index (χ1) is 9.04. The van der Waals surface area contributed by atoms with Gasteiger partial charge < -0.3 is 10.6 Å². The Bertz CT molecular complexity index is 557. The van der Waals surface area contributed by atoms with Gasteiger partial charge in [-0.05, 0) is 26.8 Å². The van der Waals surface area contributed by atoms with Crippen molar-refractivity contribution in [1.29, 1.82) is 0 Å². The van der Waals surface area contributed by atoms with E-state index in [1.807, 2.05) is 24.2 Å². The molecule has 0 bridgehead atoms. The molecule has 2 aromatic rings. The molecule has 2 aromatic heterocycles. The third-order valence-corrected chi connectivity index (χ3v) is 4.21. The number of hydrogen-bond acceptors (Lipinski definition) is 5. The standard InChI is InChI=1S/C13H21N5S/c1-9-11(5-6-14)13(18(4)16-9)17(3)7-12-10(2)15-8-19-12/h8H,5-7,14H2,1-4H3. The van der Waals surface area contributed by atoms with E-state index in [2.05, 4.69) is 29.0 Å². The van der Waals surface area contributed by atoms with Crippen LogP contribution in [0.2, 0.25) is 0 Å². The van der Waals surface area contributed by atoms with Crippen molar-refractivity contribution < 1.29 is 0 Å². The summed E-state index contributed by atoms with van der Waals surface area (Å²) in [5.74, 6) is 1.15. The van der Waals surface area contributed by atoms with Gasteiger partial charge in [0.05, 0.1) is 23.4 Å². The second-order valence-electron chi connectivity index (χ2n) is 4.77. The zero-order chi connectivity index (χ0) is 14.0. The maximum Gasteiger partial charge on any atom is 0.130 e. The predicted octanol–water partition coefficient (Wildman–Crippen LogP) is 1.63. The monoisotopic (exact) mass is 279 g/mol. The fourth-order valence-corrected chi connectivity index (χ4v) is 3.20. The van der Waals surface area contributed by atoms with E-state index < -0.39 is 0 Å². The van der Waals surface area contributed by atoms with Gasteiger partial charge in [-0.1, -0.05) is 0 Å². The van der Waals surface area contributed by atoms with Gasteiger partial charge in [-0.2, -0.15) is 5.10 Å². The summed E-state index contributed by atoms with van der Waals surface area (Å²) in [5.41, 5.74) is 11.0. The van der Waals surface area contributed by atoms with Crippen molar-refractivity contribution in [3.05, 3.63) is 27.3 Å².